The summed E-state index contributed by atoms with van der Waals surface area (Å²) in [5.41, 5.74) is 2.06. The number of hydrogen-bond acceptors (Lipinski definition) is 7. The Balaban J connectivity index is 1.82. The zero-order chi connectivity index (χ0) is 22.6. The van der Waals surface area contributed by atoms with E-state index in [1.54, 1.807) is 48.5 Å². The number of phenolic OH excluding ortho intramolecular Hbond substituents is 3. The van der Waals surface area contributed by atoms with Crippen LogP contribution in [-0.4, -0.2) is 41.6 Å². The Bertz CT molecular complexity index is 1090. The quantitative estimate of drug-likeness (QED) is 0.294. The minimum atomic E-state index is -3.60. The Hall–Kier alpha value is -3.27. The fraction of sp³-hybridized carbons (Fsp3) is 0.182. The van der Waals surface area contributed by atoms with Crippen molar-refractivity contribution >= 4 is 15.7 Å². The summed E-state index contributed by atoms with van der Waals surface area (Å²) in [6.45, 7) is 0.107. The van der Waals surface area contributed by atoms with Crippen LogP contribution >= 0.6 is 0 Å². The van der Waals surface area contributed by atoms with Crippen LogP contribution in [0.15, 0.2) is 66.7 Å². The molecule has 0 amide bonds. The minimum Gasteiger partial charge on any atom is -0.508 e. The smallest absolute Gasteiger partial charge is 0.229 e. The van der Waals surface area contributed by atoms with Crippen LogP contribution in [-0.2, 0) is 10.0 Å². The predicted molar refractivity (Wildman–Crippen MR) is 118 cm³/mol. The van der Waals surface area contributed by atoms with Crippen molar-refractivity contribution in [3.63, 3.8) is 0 Å². The normalized spacial score (nSPS) is 12.6. The molecule has 164 valence electrons. The van der Waals surface area contributed by atoms with Gasteiger partial charge in [0.1, 0.15) is 17.2 Å². The van der Waals surface area contributed by atoms with E-state index in [9.17, 15) is 28.8 Å². The summed E-state index contributed by atoms with van der Waals surface area (Å²) in [6, 6.07) is 17.1. The molecule has 0 aromatic heterocycles. The number of nitrogens with one attached hydrogen (secondary N) is 2. The van der Waals surface area contributed by atoms with Gasteiger partial charge in [0.2, 0.25) is 10.0 Å². The number of hydrogen-bond donors (Lipinski definition) is 6. The van der Waals surface area contributed by atoms with Crippen molar-refractivity contribution < 1.29 is 28.8 Å². The molecule has 0 aliphatic carbocycles. The number of aromatic hydroxyl groups is 3. The zero-order valence-corrected chi connectivity index (χ0v) is 17.5. The molecule has 0 aliphatic rings. The van der Waals surface area contributed by atoms with Crippen LogP contribution in [0.5, 0.6) is 17.2 Å². The summed E-state index contributed by atoms with van der Waals surface area (Å²) in [7, 11) is -3.60. The number of anilines is 1. The van der Waals surface area contributed by atoms with E-state index in [4.69, 9.17) is 0 Å². The SMILES string of the molecule is CS(=O)(=O)Nc1cc(C(O)CNC(c2ccc(O)cc2)c2ccc(O)cc2)ccc1O. The molecule has 31 heavy (non-hydrogen) atoms. The summed E-state index contributed by atoms with van der Waals surface area (Å²) in [4.78, 5) is 0. The van der Waals surface area contributed by atoms with Crippen molar-refractivity contribution in [3.05, 3.63) is 83.4 Å². The molecule has 0 bridgehead atoms. The van der Waals surface area contributed by atoms with Gasteiger partial charge in [0.15, 0.2) is 0 Å². The molecule has 1 unspecified atom stereocenters. The number of aliphatic hydroxyl groups excluding tert-OH is 1. The first-order chi connectivity index (χ1) is 14.6. The van der Waals surface area contributed by atoms with Crippen LogP contribution in [0.2, 0.25) is 0 Å². The second-order valence-electron chi connectivity index (χ2n) is 7.19. The van der Waals surface area contributed by atoms with Gasteiger partial charge in [0.05, 0.1) is 24.1 Å². The summed E-state index contributed by atoms with van der Waals surface area (Å²) in [6.07, 6.45) is -0.0331. The number of sulfonamides is 1. The zero-order valence-electron chi connectivity index (χ0n) is 16.7. The molecule has 3 aromatic carbocycles. The standard InChI is InChI=1S/C22H24N2O6S/c1-31(29,30)24-19-12-16(6-11-20(19)27)21(28)13-23-22(14-2-7-17(25)8-3-14)15-4-9-18(26)10-5-15/h2-12,21-28H,13H2,1H3. The first-order valence-corrected chi connectivity index (χ1v) is 11.3. The molecule has 0 fully saturated rings. The van der Waals surface area contributed by atoms with Crippen molar-refractivity contribution in [2.75, 3.05) is 17.5 Å². The van der Waals surface area contributed by atoms with Crippen LogP contribution < -0.4 is 10.0 Å². The third kappa shape index (κ3) is 6.11. The summed E-state index contributed by atoms with van der Waals surface area (Å²) >= 11 is 0. The van der Waals surface area contributed by atoms with E-state index in [1.807, 2.05) is 0 Å². The van der Waals surface area contributed by atoms with E-state index in [2.05, 4.69) is 10.0 Å². The predicted octanol–water partition coefficient (Wildman–Crippen LogP) is 2.59. The molecule has 0 radical (unpaired) electrons. The largest absolute Gasteiger partial charge is 0.508 e. The fourth-order valence-electron chi connectivity index (χ4n) is 3.15. The van der Waals surface area contributed by atoms with Gasteiger partial charge in [0, 0.05) is 6.54 Å². The summed E-state index contributed by atoms with van der Waals surface area (Å²) in [5, 5.41) is 43.0. The van der Waals surface area contributed by atoms with Gasteiger partial charge in [-0.05, 0) is 53.1 Å². The molecule has 0 spiro atoms. The van der Waals surface area contributed by atoms with Gasteiger partial charge in [-0.25, -0.2) is 8.42 Å². The highest BCUT2D eigenvalue weighted by atomic mass is 32.2. The molecular formula is C22H24N2O6S. The van der Waals surface area contributed by atoms with Gasteiger partial charge in [-0.15, -0.1) is 0 Å². The molecule has 0 saturated heterocycles. The monoisotopic (exact) mass is 444 g/mol. The Labute approximate surface area is 180 Å². The lowest BCUT2D eigenvalue weighted by molar-refractivity contribution is 0.172. The van der Waals surface area contributed by atoms with Crippen molar-refractivity contribution in [1.82, 2.24) is 5.32 Å². The third-order valence-electron chi connectivity index (χ3n) is 4.67. The van der Waals surface area contributed by atoms with E-state index in [0.717, 1.165) is 17.4 Å². The molecule has 1 atom stereocenters. The molecule has 0 heterocycles. The Kier molecular flexibility index (Phi) is 6.69. The Morgan fingerprint density at radius 2 is 1.29 bits per heavy atom. The van der Waals surface area contributed by atoms with Gasteiger partial charge in [-0.2, -0.15) is 0 Å². The van der Waals surface area contributed by atoms with E-state index in [1.165, 1.54) is 18.2 Å². The fourth-order valence-corrected chi connectivity index (χ4v) is 3.71. The molecule has 3 rings (SSSR count). The molecule has 8 nitrogen and oxygen atoms in total. The van der Waals surface area contributed by atoms with Gasteiger partial charge in [-0.3, -0.25) is 4.72 Å². The lowest BCUT2D eigenvalue weighted by atomic mass is 9.97. The average molecular weight is 445 g/mol. The van der Waals surface area contributed by atoms with Crippen LogP contribution in [0.3, 0.4) is 0 Å². The molecule has 0 saturated carbocycles. The van der Waals surface area contributed by atoms with Crippen LogP contribution in [0, 0.1) is 0 Å². The molecule has 6 N–H and O–H groups in total. The number of phenols is 3. The lowest BCUT2D eigenvalue weighted by Gasteiger charge is -2.22. The molecular weight excluding hydrogens is 420 g/mol. The van der Waals surface area contributed by atoms with Crippen LogP contribution in [0.1, 0.15) is 28.8 Å². The van der Waals surface area contributed by atoms with Crippen molar-refractivity contribution in [2.24, 2.45) is 0 Å². The first-order valence-electron chi connectivity index (χ1n) is 9.42. The van der Waals surface area contributed by atoms with E-state index < -0.39 is 16.1 Å². The number of aliphatic hydroxyl groups is 1. The van der Waals surface area contributed by atoms with Gasteiger partial charge >= 0.3 is 0 Å². The van der Waals surface area contributed by atoms with Gasteiger partial charge < -0.3 is 25.7 Å². The maximum absolute atomic E-state index is 11.5. The Morgan fingerprint density at radius 1 is 0.806 bits per heavy atom. The first kappa shape index (κ1) is 22.4. The third-order valence-corrected chi connectivity index (χ3v) is 5.26. The molecule has 0 aliphatic heterocycles. The maximum atomic E-state index is 11.5. The highest BCUT2D eigenvalue weighted by molar-refractivity contribution is 7.92. The Morgan fingerprint density at radius 3 is 1.77 bits per heavy atom. The summed E-state index contributed by atoms with van der Waals surface area (Å²) < 4.78 is 25.2. The summed E-state index contributed by atoms with van der Waals surface area (Å²) in [5.74, 6) is 0.00637. The second-order valence-corrected chi connectivity index (χ2v) is 8.94. The second kappa shape index (κ2) is 9.25. The van der Waals surface area contributed by atoms with Crippen molar-refractivity contribution in [1.29, 1.82) is 0 Å². The highest BCUT2D eigenvalue weighted by Crippen LogP contribution is 2.29. The van der Waals surface area contributed by atoms with Crippen molar-refractivity contribution in [2.45, 2.75) is 12.1 Å². The maximum Gasteiger partial charge on any atom is 0.229 e. The van der Waals surface area contributed by atoms with E-state index in [0.29, 0.717) is 5.56 Å². The number of benzene rings is 3. The molecule has 3 aromatic rings. The van der Waals surface area contributed by atoms with E-state index >= 15 is 0 Å². The van der Waals surface area contributed by atoms with Crippen molar-refractivity contribution in [3.8, 4) is 17.2 Å². The van der Waals surface area contributed by atoms with Gasteiger partial charge in [-0.1, -0.05) is 30.3 Å². The molecule has 9 heteroatoms. The minimum absolute atomic E-state index is 0.0207. The van der Waals surface area contributed by atoms with Gasteiger partial charge in [0.25, 0.3) is 0 Å². The lowest BCUT2D eigenvalue weighted by Crippen LogP contribution is -2.27. The topological polar surface area (TPSA) is 139 Å². The highest BCUT2D eigenvalue weighted by Gasteiger charge is 2.18. The average Bonchev–Trinajstić information content (AvgIpc) is 2.71. The van der Waals surface area contributed by atoms with E-state index in [-0.39, 0.29) is 35.5 Å². The number of rotatable bonds is 8. The van der Waals surface area contributed by atoms with Crippen LogP contribution in [0.25, 0.3) is 0 Å². The van der Waals surface area contributed by atoms with Crippen LogP contribution in [0.4, 0.5) is 5.69 Å².